The van der Waals surface area contributed by atoms with Gasteiger partial charge >= 0.3 is 0 Å². The van der Waals surface area contributed by atoms with Crippen molar-refractivity contribution < 1.29 is 14.6 Å². The molecule has 1 saturated heterocycles. The molecule has 0 atom stereocenters. The average molecular weight is 216 g/mol. The Morgan fingerprint density at radius 1 is 1.60 bits per heavy atom. The molecule has 1 aliphatic rings. The third-order valence-electron chi connectivity index (χ3n) is 2.84. The Morgan fingerprint density at radius 2 is 2.20 bits per heavy atom. The van der Waals surface area contributed by atoms with Gasteiger partial charge in [-0.2, -0.15) is 0 Å². The predicted molar refractivity (Wildman–Crippen MR) is 56.2 cm³/mol. The second-order valence-corrected chi connectivity index (χ2v) is 4.35. The first-order valence-electron chi connectivity index (χ1n) is 5.27. The van der Waals surface area contributed by atoms with E-state index in [4.69, 9.17) is 10.5 Å². The third kappa shape index (κ3) is 2.90. The Bertz CT molecular complexity index is 225. The second kappa shape index (κ2) is 4.92. The number of carbonyl (C=O) groups excluding carboxylic acids is 1. The van der Waals surface area contributed by atoms with Crippen molar-refractivity contribution in [3.05, 3.63) is 0 Å². The molecule has 0 bridgehead atoms. The van der Waals surface area contributed by atoms with Crippen LogP contribution in [0.25, 0.3) is 0 Å². The fraction of sp³-hybridized carbons (Fsp3) is 0.900. The minimum atomic E-state index is -0.705. The first-order chi connectivity index (χ1) is 6.99. The van der Waals surface area contributed by atoms with E-state index in [1.165, 1.54) is 0 Å². The molecular weight excluding hydrogens is 196 g/mol. The van der Waals surface area contributed by atoms with Gasteiger partial charge in [-0.3, -0.25) is 4.79 Å². The fourth-order valence-electron chi connectivity index (χ4n) is 1.49. The molecule has 5 heteroatoms. The number of amides is 1. The van der Waals surface area contributed by atoms with Crippen LogP contribution >= 0.6 is 0 Å². The molecule has 0 saturated carbocycles. The highest BCUT2D eigenvalue weighted by Crippen LogP contribution is 2.28. The molecule has 1 fully saturated rings. The maximum Gasteiger partial charge on any atom is 0.248 e. The Labute approximate surface area is 90.2 Å². The van der Waals surface area contributed by atoms with Gasteiger partial charge in [0.15, 0.2) is 0 Å². The maximum atomic E-state index is 11.5. The lowest BCUT2D eigenvalue weighted by Gasteiger charge is -2.48. The normalized spacial score (nSPS) is 19.1. The summed E-state index contributed by atoms with van der Waals surface area (Å²) in [4.78, 5) is 13.1. The van der Waals surface area contributed by atoms with Gasteiger partial charge in [-0.05, 0) is 5.92 Å². The molecule has 0 aromatic heterocycles. The van der Waals surface area contributed by atoms with Gasteiger partial charge in [0, 0.05) is 6.54 Å². The SMILES string of the molecule is CC(C)C1(O)CN(C(=O)COCCN)C1. The van der Waals surface area contributed by atoms with Gasteiger partial charge in [0.05, 0.1) is 19.7 Å². The summed E-state index contributed by atoms with van der Waals surface area (Å²) in [6, 6.07) is 0. The largest absolute Gasteiger partial charge is 0.386 e. The lowest BCUT2D eigenvalue weighted by molar-refractivity contribution is -0.167. The Morgan fingerprint density at radius 3 is 2.67 bits per heavy atom. The van der Waals surface area contributed by atoms with Crippen LogP contribution in [0.1, 0.15) is 13.8 Å². The van der Waals surface area contributed by atoms with Gasteiger partial charge in [-0.15, -0.1) is 0 Å². The van der Waals surface area contributed by atoms with E-state index in [9.17, 15) is 9.90 Å². The van der Waals surface area contributed by atoms with Crippen molar-refractivity contribution in [2.24, 2.45) is 11.7 Å². The van der Waals surface area contributed by atoms with Crippen molar-refractivity contribution in [2.75, 3.05) is 32.8 Å². The highest BCUT2D eigenvalue weighted by atomic mass is 16.5. The lowest BCUT2D eigenvalue weighted by atomic mass is 9.83. The summed E-state index contributed by atoms with van der Waals surface area (Å²) in [6.07, 6.45) is 0. The number of β-amino-alcohol motifs (C(OH)–C–C–N with tert-alkyl or cyclic N) is 1. The quantitative estimate of drug-likeness (QED) is 0.589. The van der Waals surface area contributed by atoms with E-state index in [0.29, 0.717) is 26.2 Å². The molecule has 0 spiro atoms. The maximum absolute atomic E-state index is 11.5. The van der Waals surface area contributed by atoms with E-state index in [0.717, 1.165) is 0 Å². The van der Waals surface area contributed by atoms with Crippen molar-refractivity contribution in [3.8, 4) is 0 Å². The Kier molecular flexibility index (Phi) is 4.07. The van der Waals surface area contributed by atoms with Gasteiger partial charge in [-0.25, -0.2) is 0 Å². The molecule has 5 nitrogen and oxygen atoms in total. The first kappa shape index (κ1) is 12.4. The molecule has 0 aromatic rings. The fourth-order valence-corrected chi connectivity index (χ4v) is 1.49. The molecule has 3 N–H and O–H groups in total. The zero-order valence-electron chi connectivity index (χ0n) is 9.40. The minimum absolute atomic E-state index is 0.0609. The summed E-state index contributed by atoms with van der Waals surface area (Å²) >= 11 is 0. The number of nitrogens with zero attached hydrogens (tertiary/aromatic N) is 1. The van der Waals surface area contributed by atoms with Gasteiger partial charge in [0.1, 0.15) is 12.2 Å². The van der Waals surface area contributed by atoms with E-state index in [-0.39, 0.29) is 18.4 Å². The van der Waals surface area contributed by atoms with Crippen LogP contribution in [0.2, 0.25) is 0 Å². The molecule has 1 heterocycles. The molecule has 1 amide bonds. The van der Waals surface area contributed by atoms with Crippen molar-refractivity contribution in [3.63, 3.8) is 0 Å². The summed E-state index contributed by atoms with van der Waals surface area (Å²) < 4.78 is 5.03. The van der Waals surface area contributed by atoms with Crippen LogP contribution in [0.5, 0.6) is 0 Å². The number of hydrogen-bond donors (Lipinski definition) is 2. The van der Waals surface area contributed by atoms with Crippen molar-refractivity contribution in [1.29, 1.82) is 0 Å². The van der Waals surface area contributed by atoms with Crippen molar-refractivity contribution in [1.82, 2.24) is 4.90 Å². The van der Waals surface area contributed by atoms with Crippen molar-refractivity contribution >= 4 is 5.91 Å². The number of hydrogen-bond acceptors (Lipinski definition) is 4. The number of nitrogens with two attached hydrogens (primary N) is 1. The van der Waals surface area contributed by atoms with Gasteiger partial charge in [0.25, 0.3) is 0 Å². The van der Waals surface area contributed by atoms with E-state index < -0.39 is 5.60 Å². The molecule has 1 aliphatic heterocycles. The molecule has 88 valence electrons. The van der Waals surface area contributed by atoms with Crippen LogP contribution in [0.3, 0.4) is 0 Å². The van der Waals surface area contributed by atoms with Gasteiger partial charge in [0.2, 0.25) is 5.91 Å². The smallest absolute Gasteiger partial charge is 0.248 e. The molecule has 1 rings (SSSR count). The summed E-state index contributed by atoms with van der Waals surface area (Å²) in [5.74, 6) is 0.0975. The summed E-state index contributed by atoms with van der Waals surface area (Å²) in [5, 5.41) is 9.92. The average Bonchev–Trinajstić information content (AvgIpc) is 2.12. The Hall–Kier alpha value is -0.650. The number of aliphatic hydroxyl groups is 1. The van der Waals surface area contributed by atoms with Gasteiger partial charge in [-0.1, -0.05) is 13.8 Å². The van der Waals surface area contributed by atoms with Gasteiger partial charge < -0.3 is 20.5 Å². The zero-order chi connectivity index (χ0) is 11.5. The molecular formula is C10H20N2O3. The summed E-state index contributed by atoms with van der Waals surface area (Å²) in [6.45, 7) is 5.60. The minimum Gasteiger partial charge on any atom is -0.386 e. The lowest BCUT2D eigenvalue weighted by Crippen LogP contribution is -2.66. The van der Waals surface area contributed by atoms with Crippen LogP contribution in [0, 0.1) is 5.92 Å². The first-order valence-corrected chi connectivity index (χ1v) is 5.27. The summed E-state index contributed by atoms with van der Waals surface area (Å²) in [5.41, 5.74) is 4.53. The number of ether oxygens (including phenoxy) is 1. The van der Waals surface area contributed by atoms with Crippen LogP contribution in [-0.4, -0.2) is 54.4 Å². The monoisotopic (exact) mass is 216 g/mol. The molecule has 15 heavy (non-hydrogen) atoms. The van der Waals surface area contributed by atoms with Crippen LogP contribution in [0.4, 0.5) is 0 Å². The third-order valence-corrected chi connectivity index (χ3v) is 2.84. The molecule has 0 radical (unpaired) electrons. The highest BCUT2D eigenvalue weighted by Gasteiger charge is 2.45. The second-order valence-electron chi connectivity index (χ2n) is 4.35. The summed E-state index contributed by atoms with van der Waals surface area (Å²) in [7, 11) is 0. The Balaban J connectivity index is 2.23. The van der Waals surface area contributed by atoms with Crippen LogP contribution in [0.15, 0.2) is 0 Å². The molecule has 0 unspecified atom stereocenters. The van der Waals surface area contributed by atoms with Crippen LogP contribution in [-0.2, 0) is 9.53 Å². The number of likely N-dealkylation sites (tertiary alicyclic amines) is 1. The van der Waals surface area contributed by atoms with E-state index >= 15 is 0 Å². The number of rotatable bonds is 5. The van der Waals surface area contributed by atoms with Crippen molar-refractivity contribution in [2.45, 2.75) is 19.4 Å². The zero-order valence-corrected chi connectivity index (χ0v) is 9.40. The van der Waals surface area contributed by atoms with E-state index in [1.54, 1.807) is 4.90 Å². The predicted octanol–water partition coefficient (Wildman–Crippen LogP) is -0.809. The van der Waals surface area contributed by atoms with E-state index in [2.05, 4.69) is 0 Å². The van der Waals surface area contributed by atoms with Crippen LogP contribution < -0.4 is 5.73 Å². The van der Waals surface area contributed by atoms with E-state index in [1.807, 2.05) is 13.8 Å². The topological polar surface area (TPSA) is 75.8 Å². The standard InChI is InChI=1S/C10H20N2O3/c1-8(2)10(14)6-12(7-10)9(13)5-15-4-3-11/h8,14H,3-7,11H2,1-2H3. The highest BCUT2D eigenvalue weighted by molar-refractivity contribution is 5.78. The molecule has 0 aromatic carbocycles. The molecule has 0 aliphatic carbocycles. The number of carbonyl (C=O) groups is 1.